The van der Waals surface area contributed by atoms with Crippen molar-refractivity contribution in [3.8, 4) is 0 Å². The molecule has 3 rings (SSSR count). The number of primary amides is 1. The van der Waals surface area contributed by atoms with Gasteiger partial charge < -0.3 is 5.73 Å². The Kier molecular flexibility index (Phi) is 4.00. The first-order chi connectivity index (χ1) is 9.63. The van der Waals surface area contributed by atoms with Crippen LogP contribution in [0.2, 0.25) is 4.34 Å². The Morgan fingerprint density at radius 1 is 1.50 bits per heavy atom. The van der Waals surface area contributed by atoms with Crippen molar-refractivity contribution in [3.63, 3.8) is 0 Å². The summed E-state index contributed by atoms with van der Waals surface area (Å²) in [4.78, 5) is 12.4. The molecule has 5 nitrogen and oxygen atoms in total. The molecule has 0 unspecified atom stereocenters. The van der Waals surface area contributed by atoms with Crippen molar-refractivity contribution in [2.45, 2.75) is 36.2 Å². The Hall–Kier alpha value is -1.05. The van der Waals surface area contributed by atoms with E-state index in [0.29, 0.717) is 5.92 Å². The minimum absolute atomic E-state index is 0.145. The van der Waals surface area contributed by atoms with E-state index in [9.17, 15) is 4.79 Å². The molecule has 2 heterocycles. The molecule has 1 aliphatic rings. The van der Waals surface area contributed by atoms with Gasteiger partial charge in [-0.3, -0.25) is 9.36 Å². The number of halogens is 1. The van der Waals surface area contributed by atoms with Crippen molar-refractivity contribution >= 4 is 40.6 Å². The van der Waals surface area contributed by atoms with E-state index < -0.39 is 0 Å². The van der Waals surface area contributed by atoms with Gasteiger partial charge in [0.05, 0.1) is 4.34 Å². The van der Waals surface area contributed by atoms with Crippen LogP contribution in [0.5, 0.6) is 0 Å². The molecule has 0 spiro atoms. The van der Waals surface area contributed by atoms with Crippen LogP contribution in [0.25, 0.3) is 0 Å². The predicted molar refractivity (Wildman–Crippen MR) is 80.1 cm³/mol. The number of thiophene rings is 1. The Labute approximate surface area is 129 Å². The van der Waals surface area contributed by atoms with E-state index in [4.69, 9.17) is 17.3 Å². The first-order valence-corrected chi connectivity index (χ1v) is 8.40. The van der Waals surface area contributed by atoms with Gasteiger partial charge in [-0.25, -0.2) is 0 Å². The first kappa shape index (κ1) is 13.9. The quantitative estimate of drug-likeness (QED) is 0.827. The largest absolute Gasteiger partial charge is 0.368 e. The maximum Gasteiger partial charge on any atom is 0.237 e. The van der Waals surface area contributed by atoms with Crippen molar-refractivity contribution in [1.29, 1.82) is 0 Å². The highest BCUT2D eigenvalue weighted by Crippen LogP contribution is 2.40. The fourth-order valence-electron chi connectivity index (χ4n) is 1.92. The number of thioether (sulfide) groups is 1. The van der Waals surface area contributed by atoms with E-state index in [0.717, 1.165) is 33.9 Å². The number of amides is 1. The summed E-state index contributed by atoms with van der Waals surface area (Å²) in [5.41, 5.74) is 5.31. The molecule has 0 radical (unpaired) electrons. The van der Waals surface area contributed by atoms with E-state index >= 15 is 0 Å². The lowest BCUT2D eigenvalue weighted by atomic mass is 10.4. The third-order valence-corrected chi connectivity index (χ3v) is 5.40. The van der Waals surface area contributed by atoms with Crippen LogP contribution >= 0.6 is 34.7 Å². The normalized spacial score (nSPS) is 14.7. The molecule has 0 bridgehead atoms. The van der Waals surface area contributed by atoms with Gasteiger partial charge in [0, 0.05) is 16.5 Å². The average molecular weight is 329 g/mol. The molecule has 106 valence electrons. The van der Waals surface area contributed by atoms with Gasteiger partial charge in [-0.2, -0.15) is 0 Å². The molecule has 0 aromatic carbocycles. The smallest absolute Gasteiger partial charge is 0.237 e. The molecule has 1 amide bonds. The lowest BCUT2D eigenvalue weighted by Crippen LogP contribution is -2.20. The number of hydrogen-bond donors (Lipinski definition) is 1. The molecule has 20 heavy (non-hydrogen) atoms. The van der Waals surface area contributed by atoms with Crippen molar-refractivity contribution < 1.29 is 4.79 Å². The predicted octanol–water partition coefficient (Wildman–Crippen LogP) is 2.65. The maximum atomic E-state index is 11.2. The first-order valence-electron chi connectivity index (χ1n) is 6.22. The highest BCUT2D eigenvalue weighted by Gasteiger charge is 2.30. The van der Waals surface area contributed by atoms with Crippen LogP contribution in [0.4, 0.5) is 0 Å². The number of rotatable bonds is 6. The summed E-state index contributed by atoms with van der Waals surface area (Å²) >= 11 is 9.01. The third-order valence-electron chi connectivity index (χ3n) is 2.97. The van der Waals surface area contributed by atoms with E-state index in [1.807, 2.05) is 16.7 Å². The molecule has 1 saturated carbocycles. The molecule has 1 aliphatic carbocycles. The van der Waals surface area contributed by atoms with Crippen molar-refractivity contribution in [2.75, 3.05) is 0 Å². The second kappa shape index (κ2) is 5.75. The molecule has 0 atom stereocenters. The molecule has 2 aromatic rings. The van der Waals surface area contributed by atoms with E-state index in [-0.39, 0.29) is 12.5 Å². The van der Waals surface area contributed by atoms with Crippen LogP contribution in [0.3, 0.4) is 0 Å². The Morgan fingerprint density at radius 2 is 2.30 bits per heavy atom. The third kappa shape index (κ3) is 3.16. The zero-order valence-electron chi connectivity index (χ0n) is 10.6. The van der Waals surface area contributed by atoms with Gasteiger partial charge in [0.15, 0.2) is 5.16 Å². The zero-order valence-corrected chi connectivity index (χ0v) is 13.0. The molecule has 8 heteroatoms. The number of hydrogen-bond acceptors (Lipinski definition) is 5. The van der Waals surface area contributed by atoms with Crippen LogP contribution in [0.15, 0.2) is 17.3 Å². The van der Waals surface area contributed by atoms with Gasteiger partial charge in [-0.15, -0.1) is 21.5 Å². The number of carbonyl (C=O) groups excluding carboxylic acids is 1. The van der Waals surface area contributed by atoms with E-state index in [2.05, 4.69) is 10.2 Å². The standard InChI is InChI=1S/C12H13ClN4OS2/c13-9-4-3-8(20-9)6-19-12-16-15-11(7-1-2-7)17(12)5-10(14)18/h3-4,7H,1-2,5-6H2,(H2,14,18). The van der Waals surface area contributed by atoms with Gasteiger partial charge in [0.25, 0.3) is 0 Å². The van der Waals surface area contributed by atoms with E-state index in [1.165, 1.54) is 4.88 Å². The number of aromatic nitrogens is 3. The Morgan fingerprint density at radius 3 is 2.90 bits per heavy atom. The van der Waals surface area contributed by atoms with Crippen LogP contribution in [0, 0.1) is 0 Å². The summed E-state index contributed by atoms with van der Waals surface area (Å²) in [6, 6.07) is 3.88. The van der Waals surface area contributed by atoms with Gasteiger partial charge in [0.1, 0.15) is 12.4 Å². The summed E-state index contributed by atoms with van der Waals surface area (Å²) in [7, 11) is 0. The highest BCUT2D eigenvalue weighted by atomic mass is 35.5. The Balaban J connectivity index is 1.76. The van der Waals surface area contributed by atoms with Crippen LogP contribution in [-0.2, 0) is 17.1 Å². The molecule has 1 fully saturated rings. The topological polar surface area (TPSA) is 73.8 Å². The fourth-order valence-corrected chi connectivity index (χ4v) is 4.00. The molecular weight excluding hydrogens is 316 g/mol. The van der Waals surface area contributed by atoms with Crippen molar-refractivity contribution in [3.05, 3.63) is 27.2 Å². The van der Waals surface area contributed by atoms with Crippen molar-refractivity contribution in [2.24, 2.45) is 5.73 Å². The summed E-state index contributed by atoms with van der Waals surface area (Å²) in [5.74, 6) is 1.72. The molecule has 2 aromatic heterocycles. The second-order valence-electron chi connectivity index (χ2n) is 4.66. The lowest BCUT2D eigenvalue weighted by Gasteiger charge is -2.06. The second-order valence-corrected chi connectivity index (χ2v) is 7.40. The van der Waals surface area contributed by atoms with E-state index in [1.54, 1.807) is 23.1 Å². The summed E-state index contributed by atoms with van der Waals surface area (Å²) in [5, 5.41) is 9.15. The Bertz CT molecular complexity index is 635. The number of carbonyl (C=O) groups is 1. The highest BCUT2D eigenvalue weighted by molar-refractivity contribution is 7.98. The minimum atomic E-state index is -0.368. The fraction of sp³-hybridized carbons (Fsp3) is 0.417. The van der Waals surface area contributed by atoms with Gasteiger partial charge in [-0.05, 0) is 25.0 Å². The number of nitrogens with zero attached hydrogens (tertiary/aromatic N) is 3. The van der Waals surface area contributed by atoms with Crippen LogP contribution in [0.1, 0.15) is 29.5 Å². The minimum Gasteiger partial charge on any atom is -0.368 e. The molecule has 0 saturated heterocycles. The van der Waals surface area contributed by atoms with Crippen molar-refractivity contribution in [1.82, 2.24) is 14.8 Å². The van der Waals surface area contributed by atoms with Gasteiger partial charge in [0.2, 0.25) is 5.91 Å². The molecule has 0 aliphatic heterocycles. The lowest BCUT2D eigenvalue weighted by molar-refractivity contribution is -0.118. The average Bonchev–Trinajstić information content (AvgIpc) is 3.04. The summed E-state index contributed by atoms with van der Waals surface area (Å²) in [6.45, 7) is 0.145. The van der Waals surface area contributed by atoms with Gasteiger partial charge >= 0.3 is 0 Å². The zero-order chi connectivity index (χ0) is 14.1. The SMILES string of the molecule is NC(=O)Cn1c(SCc2ccc(Cl)s2)nnc1C1CC1. The van der Waals surface area contributed by atoms with Crippen LogP contribution in [-0.4, -0.2) is 20.7 Å². The van der Waals surface area contributed by atoms with Gasteiger partial charge in [-0.1, -0.05) is 23.4 Å². The molecular formula is C12H13ClN4OS2. The summed E-state index contributed by atoms with van der Waals surface area (Å²) < 4.78 is 2.62. The molecule has 2 N–H and O–H groups in total. The maximum absolute atomic E-state index is 11.2. The monoisotopic (exact) mass is 328 g/mol. The summed E-state index contributed by atoms with van der Waals surface area (Å²) in [6.07, 6.45) is 2.23. The van der Waals surface area contributed by atoms with Crippen LogP contribution < -0.4 is 5.73 Å². The number of nitrogens with two attached hydrogens (primary N) is 1.